The topological polar surface area (TPSA) is 49.4 Å². The molecule has 0 saturated heterocycles. The first-order valence-corrected chi connectivity index (χ1v) is 7.51. The van der Waals surface area contributed by atoms with Gasteiger partial charge >= 0.3 is 6.18 Å². The zero-order chi connectivity index (χ0) is 15.4. The second-order valence-corrected chi connectivity index (χ2v) is 6.77. The van der Waals surface area contributed by atoms with Crippen molar-refractivity contribution in [3.8, 4) is 0 Å². The van der Waals surface area contributed by atoms with Gasteiger partial charge in [-0.2, -0.15) is 13.2 Å². The van der Waals surface area contributed by atoms with Crippen LogP contribution in [0.3, 0.4) is 0 Å². The number of nitrogens with zero attached hydrogens (tertiary/aromatic N) is 1. The summed E-state index contributed by atoms with van der Waals surface area (Å²) in [6.07, 6.45) is -4.34. The smallest absolute Gasteiger partial charge is 0.312 e. The number of sulfonamides is 1. The molecule has 20 heavy (non-hydrogen) atoms. The second kappa shape index (κ2) is 6.55. The lowest BCUT2D eigenvalue weighted by molar-refractivity contribution is -0.137. The van der Waals surface area contributed by atoms with E-state index in [9.17, 15) is 21.6 Å². The maximum absolute atomic E-state index is 12.3. The molecule has 4 nitrogen and oxygen atoms in total. The van der Waals surface area contributed by atoms with Gasteiger partial charge in [0.15, 0.2) is 0 Å². The van der Waals surface area contributed by atoms with Crippen LogP contribution in [-0.4, -0.2) is 39.1 Å². The van der Waals surface area contributed by atoms with Crippen molar-refractivity contribution in [2.24, 2.45) is 0 Å². The Morgan fingerprint density at radius 1 is 1.15 bits per heavy atom. The third-order valence-corrected chi connectivity index (χ3v) is 4.54. The molecule has 1 N–H and O–H groups in total. The van der Waals surface area contributed by atoms with Gasteiger partial charge in [-0.3, -0.25) is 0 Å². The molecule has 0 amide bonds. The first-order valence-electron chi connectivity index (χ1n) is 5.90. The minimum atomic E-state index is -4.34. The Hall–Kier alpha value is -1.12. The van der Waals surface area contributed by atoms with Crippen molar-refractivity contribution in [3.05, 3.63) is 35.4 Å². The Kier molecular flexibility index (Phi) is 5.55. The number of hydrogen-bond acceptors (Lipinski definition) is 3. The van der Waals surface area contributed by atoms with Crippen molar-refractivity contribution in [1.82, 2.24) is 9.62 Å². The summed E-state index contributed by atoms with van der Waals surface area (Å²) in [5, 5.41) is 2.88. The van der Waals surface area contributed by atoms with Crippen molar-refractivity contribution in [3.63, 3.8) is 0 Å². The van der Waals surface area contributed by atoms with E-state index in [4.69, 9.17) is 0 Å². The molecule has 1 aromatic carbocycles. The molecule has 0 bridgehead atoms. The average Bonchev–Trinajstić information content (AvgIpc) is 2.34. The number of rotatable bonds is 6. The summed E-state index contributed by atoms with van der Waals surface area (Å²) in [7, 11) is -0.357. The van der Waals surface area contributed by atoms with Crippen LogP contribution in [-0.2, 0) is 22.7 Å². The predicted molar refractivity (Wildman–Crippen MR) is 70.6 cm³/mol. The number of alkyl halides is 3. The van der Waals surface area contributed by atoms with E-state index in [2.05, 4.69) is 5.32 Å². The normalized spacial score (nSPS) is 12.9. The zero-order valence-electron chi connectivity index (χ0n) is 11.2. The van der Waals surface area contributed by atoms with Gasteiger partial charge in [-0.05, 0) is 17.7 Å². The number of hydrogen-bond donors (Lipinski definition) is 1. The maximum atomic E-state index is 12.3. The number of benzene rings is 1. The zero-order valence-corrected chi connectivity index (χ0v) is 12.1. The van der Waals surface area contributed by atoms with E-state index in [1.807, 2.05) is 0 Å². The predicted octanol–water partition coefficient (Wildman–Crippen LogP) is 1.69. The molecule has 8 heteroatoms. The van der Waals surface area contributed by atoms with Gasteiger partial charge in [-0.15, -0.1) is 0 Å². The number of halogens is 3. The van der Waals surface area contributed by atoms with Crippen molar-refractivity contribution in [1.29, 1.82) is 0 Å². The summed E-state index contributed by atoms with van der Waals surface area (Å²) in [6.45, 7) is 0.558. The molecule has 0 aliphatic carbocycles. The van der Waals surface area contributed by atoms with E-state index in [0.29, 0.717) is 12.1 Å². The van der Waals surface area contributed by atoms with Crippen molar-refractivity contribution in [2.75, 3.05) is 26.4 Å². The lowest BCUT2D eigenvalue weighted by atomic mass is 10.1. The molecule has 0 aliphatic rings. The fourth-order valence-corrected chi connectivity index (χ4v) is 2.20. The summed E-state index contributed by atoms with van der Waals surface area (Å²) in [4.78, 5) is 0. The van der Waals surface area contributed by atoms with Crippen LogP contribution >= 0.6 is 0 Å². The van der Waals surface area contributed by atoms with E-state index in [-0.39, 0.29) is 12.3 Å². The van der Waals surface area contributed by atoms with Crippen molar-refractivity contribution in [2.45, 2.75) is 12.7 Å². The van der Waals surface area contributed by atoms with E-state index >= 15 is 0 Å². The molecule has 114 valence electrons. The monoisotopic (exact) mass is 310 g/mol. The Labute approximate surface area is 116 Å². The van der Waals surface area contributed by atoms with Crippen LogP contribution < -0.4 is 5.32 Å². The van der Waals surface area contributed by atoms with Crippen molar-refractivity contribution >= 4 is 10.0 Å². The Morgan fingerprint density at radius 2 is 1.70 bits per heavy atom. The van der Waals surface area contributed by atoms with Crippen LogP contribution in [0, 0.1) is 0 Å². The second-order valence-electron chi connectivity index (χ2n) is 4.47. The molecule has 1 rings (SSSR count). The molecule has 1 aromatic rings. The van der Waals surface area contributed by atoms with Gasteiger partial charge in [0.1, 0.15) is 0 Å². The van der Waals surface area contributed by atoms with Gasteiger partial charge in [0.25, 0.3) is 0 Å². The highest BCUT2D eigenvalue weighted by atomic mass is 32.2. The third kappa shape index (κ3) is 5.10. The SMILES string of the molecule is CN(C)S(=O)(=O)CCNCc1ccc(C(F)(F)F)cc1. The van der Waals surface area contributed by atoms with Crippen LogP contribution in [0.1, 0.15) is 11.1 Å². The fraction of sp³-hybridized carbons (Fsp3) is 0.500. The average molecular weight is 310 g/mol. The minimum absolute atomic E-state index is 0.0549. The largest absolute Gasteiger partial charge is 0.416 e. The van der Waals surface area contributed by atoms with Gasteiger partial charge < -0.3 is 5.32 Å². The van der Waals surface area contributed by atoms with Gasteiger partial charge in [0, 0.05) is 27.2 Å². The fourth-order valence-electron chi connectivity index (χ4n) is 1.43. The number of nitrogens with one attached hydrogen (secondary N) is 1. The van der Waals surface area contributed by atoms with Crippen molar-refractivity contribution < 1.29 is 21.6 Å². The van der Waals surface area contributed by atoms with Crippen LogP contribution in [0.15, 0.2) is 24.3 Å². The quantitative estimate of drug-likeness (QED) is 0.814. The summed E-state index contributed by atoms with van der Waals surface area (Å²) < 4.78 is 61.1. The summed E-state index contributed by atoms with van der Waals surface area (Å²) >= 11 is 0. The Balaban J connectivity index is 2.44. The summed E-state index contributed by atoms with van der Waals surface area (Å²) in [5.74, 6) is -0.0549. The molecule has 0 atom stereocenters. The van der Waals surface area contributed by atoms with E-state index < -0.39 is 21.8 Å². The van der Waals surface area contributed by atoms with E-state index in [1.165, 1.54) is 26.2 Å². The van der Waals surface area contributed by atoms with E-state index in [1.54, 1.807) is 0 Å². The third-order valence-electron chi connectivity index (χ3n) is 2.70. The first kappa shape index (κ1) is 16.9. The van der Waals surface area contributed by atoms with Crippen LogP contribution in [0.4, 0.5) is 13.2 Å². The molecule has 0 fully saturated rings. The highest BCUT2D eigenvalue weighted by molar-refractivity contribution is 7.89. The molecular formula is C12H17F3N2O2S. The van der Waals surface area contributed by atoms with Gasteiger partial charge in [-0.25, -0.2) is 12.7 Å². The highest BCUT2D eigenvalue weighted by Gasteiger charge is 2.29. The van der Waals surface area contributed by atoms with Gasteiger partial charge in [0.2, 0.25) is 10.0 Å². The molecule has 0 spiro atoms. The standard InChI is InChI=1S/C12H17F3N2O2S/c1-17(2)20(18,19)8-7-16-9-10-3-5-11(6-4-10)12(13,14)15/h3-6,16H,7-9H2,1-2H3. The lowest BCUT2D eigenvalue weighted by Crippen LogP contribution is -2.31. The summed E-state index contributed by atoms with van der Waals surface area (Å²) in [6, 6.07) is 4.76. The van der Waals surface area contributed by atoms with Crippen LogP contribution in [0.25, 0.3) is 0 Å². The maximum Gasteiger partial charge on any atom is 0.416 e. The molecule has 0 aromatic heterocycles. The highest BCUT2D eigenvalue weighted by Crippen LogP contribution is 2.28. The first-order chi connectivity index (χ1) is 9.13. The lowest BCUT2D eigenvalue weighted by Gasteiger charge is -2.12. The van der Waals surface area contributed by atoms with Crippen LogP contribution in [0.5, 0.6) is 0 Å². The molecule has 0 radical (unpaired) electrons. The van der Waals surface area contributed by atoms with Gasteiger partial charge in [0.05, 0.1) is 11.3 Å². The molecule has 0 unspecified atom stereocenters. The molecule has 0 saturated carbocycles. The Bertz CT molecular complexity index is 525. The minimum Gasteiger partial charge on any atom is -0.312 e. The molecular weight excluding hydrogens is 293 g/mol. The van der Waals surface area contributed by atoms with E-state index in [0.717, 1.165) is 16.4 Å². The Morgan fingerprint density at radius 3 is 2.15 bits per heavy atom. The molecule has 0 heterocycles. The van der Waals surface area contributed by atoms with Gasteiger partial charge in [-0.1, -0.05) is 12.1 Å². The molecule has 0 aliphatic heterocycles. The summed E-state index contributed by atoms with van der Waals surface area (Å²) in [5.41, 5.74) is -0.0308. The van der Waals surface area contributed by atoms with Crippen LogP contribution in [0.2, 0.25) is 0 Å².